The molecule has 0 radical (unpaired) electrons. The number of nitrogens with zero attached hydrogens (tertiary/aromatic N) is 7. The lowest BCUT2D eigenvalue weighted by molar-refractivity contribution is 1.08. The largest absolute Gasteiger partial charge is 0.309 e. The Morgan fingerprint density at radius 3 is 1.22 bits per heavy atom. The predicted octanol–water partition coefficient (Wildman–Crippen LogP) is 28.4. The highest BCUT2D eigenvalue weighted by Gasteiger charge is 2.25. The van der Waals surface area contributed by atoms with Crippen LogP contribution in [-0.4, -0.2) is 34.5 Å². The Bertz CT molecular complexity index is 7820. The number of rotatable bonds is 7. The number of para-hydroxylation sites is 1. The standard InChI is InChI=1S/C51H30N4S.C35H20ClN3S.C17H12/c1-2-13-32(14-3-1)49-52-50(37-23-22-31-12-4-5-15-33(31)26-37)54-51(53-49)43-28-36-18-8-9-19-39(36)48-47(43)41-25-24-38(30-46(41)56-48)55-44-21-11-10-20-40(44)42-27-34-16-6-7-17-35(34)29-45(42)55;36-26-16-17-28-30(20-26)40-32-27-13-7-6-12-24(27)19-29(31(28)32)35-38-33(22-9-2-1-3-10-22)37-34(39-35)25-15-14-21-8-4-5-11-23(21)18-25;1-2-6-13-11-17-15(9-12(13)5-1)10-14-7-3-4-8-16(14)17/h1-30H;1-20H;1-9,11H,10H2. The topological polar surface area (TPSA) is 82.3 Å². The van der Waals surface area contributed by atoms with Gasteiger partial charge in [-0.1, -0.05) is 303 Å². The molecule has 0 amide bonds. The van der Waals surface area contributed by atoms with Gasteiger partial charge in [0.2, 0.25) is 0 Å². The fourth-order valence-electron chi connectivity index (χ4n) is 16.8. The third-order valence-electron chi connectivity index (χ3n) is 22.2. The molecular formula is C103H62ClN7S2. The lowest BCUT2D eigenvalue weighted by Crippen LogP contribution is -2.00. The van der Waals surface area contributed by atoms with Crippen molar-refractivity contribution in [3.63, 3.8) is 0 Å². The predicted molar refractivity (Wildman–Crippen MR) is 477 cm³/mol. The van der Waals surface area contributed by atoms with Crippen molar-refractivity contribution in [2.24, 2.45) is 0 Å². The average Bonchev–Trinajstić information content (AvgIpc) is 1.50. The number of halogens is 1. The van der Waals surface area contributed by atoms with E-state index in [1.165, 1.54) is 107 Å². The number of fused-ring (bicyclic) bond motifs is 20. The number of aromatic nitrogens is 7. The van der Waals surface area contributed by atoms with E-state index < -0.39 is 0 Å². The van der Waals surface area contributed by atoms with E-state index in [1.807, 2.05) is 72.0 Å². The zero-order valence-corrected chi connectivity index (χ0v) is 63.1. The van der Waals surface area contributed by atoms with Crippen molar-refractivity contribution in [2.45, 2.75) is 6.42 Å². The van der Waals surface area contributed by atoms with Crippen LogP contribution in [0.2, 0.25) is 5.02 Å². The summed E-state index contributed by atoms with van der Waals surface area (Å²) in [5.41, 5.74) is 15.1. The molecule has 0 N–H and O–H groups in total. The second kappa shape index (κ2) is 27.3. The molecule has 10 heteroatoms. The molecule has 0 unspecified atom stereocenters. The smallest absolute Gasteiger partial charge is 0.164 e. The molecule has 0 aliphatic heterocycles. The van der Waals surface area contributed by atoms with Crippen molar-refractivity contribution >= 4 is 161 Å². The van der Waals surface area contributed by atoms with Gasteiger partial charge in [-0.3, -0.25) is 0 Å². The summed E-state index contributed by atoms with van der Waals surface area (Å²) >= 11 is 10.0. The second-order valence-corrected chi connectivity index (χ2v) is 31.5. The number of benzene rings is 18. The Kier molecular flexibility index (Phi) is 16.0. The molecular weight excluding hydrogens is 1430 g/mol. The average molecular weight is 1500 g/mol. The van der Waals surface area contributed by atoms with Crippen molar-refractivity contribution < 1.29 is 0 Å². The van der Waals surface area contributed by atoms with E-state index >= 15 is 0 Å². The van der Waals surface area contributed by atoms with Crippen LogP contribution < -0.4 is 0 Å². The first-order valence-corrected chi connectivity index (χ1v) is 39.9. The normalized spacial score (nSPS) is 11.9. The third kappa shape index (κ3) is 11.7. The molecule has 5 aromatic heterocycles. The van der Waals surface area contributed by atoms with Crippen molar-refractivity contribution in [3.05, 3.63) is 380 Å². The maximum Gasteiger partial charge on any atom is 0.164 e. The van der Waals surface area contributed by atoms with Crippen LogP contribution in [-0.2, 0) is 6.42 Å². The van der Waals surface area contributed by atoms with Crippen molar-refractivity contribution in [1.29, 1.82) is 0 Å². The van der Waals surface area contributed by atoms with Gasteiger partial charge in [-0.05, 0) is 166 Å². The Labute approximate surface area is 662 Å². The Balaban J connectivity index is 0.000000118. The lowest BCUT2D eigenvalue weighted by atomic mass is 9.99. The SMILES string of the molecule is Clc1ccc2c(c1)sc1c3ccccc3cc(-c3nc(-c4ccccc4)nc(-c4ccc5ccccc5c4)n3)c21.c1ccc(-c2nc(-c3ccc4ccccc4c3)nc(-c3cc4ccccc4c4sc5cc(-n6c7ccccc7c7cc8ccccc8cc76)ccc5c34)n2)cc1.c1ccc2c(c1)Cc1cc3ccccc3cc1-2. The van der Waals surface area contributed by atoms with Crippen molar-refractivity contribution in [1.82, 2.24) is 34.5 Å². The zero-order chi connectivity index (χ0) is 74.6. The molecule has 23 aromatic rings. The monoisotopic (exact) mass is 1500 g/mol. The first kappa shape index (κ1) is 66.1. The molecule has 1 aliphatic rings. The van der Waals surface area contributed by atoms with Crippen LogP contribution in [0, 0.1) is 0 Å². The van der Waals surface area contributed by atoms with Crippen LogP contribution in [0.4, 0.5) is 0 Å². The molecule has 18 aromatic carbocycles. The van der Waals surface area contributed by atoms with Crippen LogP contribution in [0.1, 0.15) is 11.1 Å². The van der Waals surface area contributed by atoms with Gasteiger partial charge >= 0.3 is 0 Å². The van der Waals surface area contributed by atoms with E-state index in [1.54, 1.807) is 11.3 Å². The molecule has 0 fully saturated rings. The van der Waals surface area contributed by atoms with Crippen LogP contribution in [0.15, 0.2) is 364 Å². The van der Waals surface area contributed by atoms with Gasteiger partial charge in [0.05, 0.1) is 11.0 Å². The quantitative estimate of drug-likeness (QED) is 0.158. The molecule has 24 rings (SSSR count). The number of hydrogen-bond donors (Lipinski definition) is 0. The summed E-state index contributed by atoms with van der Waals surface area (Å²) in [4.78, 5) is 30.8. The minimum absolute atomic E-state index is 0.651. The lowest BCUT2D eigenvalue weighted by Gasteiger charge is -2.12. The molecule has 113 heavy (non-hydrogen) atoms. The summed E-state index contributed by atoms with van der Waals surface area (Å²) in [7, 11) is 0. The second-order valence-electron chi connectivity index (χ2n) is 29.0. The van der Waals surface area contributed by atoms with Crippen LogP contribution >= 0.6 is 34.3 Å². The van der Waals surface area contributed by atoms with Gasteiger partial charge in [0.1, 0.15) is 0 Å². The third-order valence-corrected chi connectivity index (χ3v) is 24.8. The van der Waals surface area contributed by atoms with E-state index in [-0.39, 0.29) is 0 Å². The van der Waals surface area contributed by atoms with Crippen molar-refractivity contribution in [2.75, 3.05) is 0 Å². The van der Waals surface area contributed by atoms with E-state index in [0.717, 1.165) is 92.9 Å². The molecule has 1 aliphatic carbocycles. The van der Waals surface area contributed by atoms with Gasteiger partial charge < -0.3 is 4.57 Å². The highest BCUT2D eigenvalue weighted by molar-refractivity contribution is 7.27. The van der Waals surface area contributed by atoms with E-state index in [0.29, 0.717) is 34.9 Å². The first-order valence-electron chi connectivity index (χ1n) is 37.9. The summed E-state index contributed by atoms with van der Waals surface area (Å²) < 4.78 is 7.22. The van der Waals surface area contributed by atoms with Gasteiger partial charge in [0.25, 0.3) is 0 Å². The number of hydrogen-bond acceptors (Lipinski definition) is 8. The summed E-state index contributed by atoms with van der Waals surface area (Å²) in [6.07, 6.45) is 1.08. The molecule has 0 saturated carbocycles. The van der Waals surface area contributed by atoms with Crippen LogP contribution in [0.5, 0.6) is 0 Å². The highest BCUT2D eigenvalue weighted by atomic mass is 35.5. The van der Waals surface area contributed by atoms with E-state index in [9.17, 15) is 0 Å². The summed E-state index contributed by atoms with van der Waals surface area (Å²) in [6.45, 7) is 0. The summed E-state index contributed by atoms with van der Waals surface area (Å²) in [5, 5.41) is 22.5. The van der Waals surface area contributed by atoms with Crippen LogP contribution in [0.3, 0.4) is 0 Å². The maximum atomic E-state index is 6.41. The van der Waals surface area contributed by atoms with Gasteiger partial charge in [-0.2, -0.15) is 0 Å². The maximum absolute atomic E-state index is 6.41. The first-order chi connectivity index (χ1) is 55.9. The minimum atomic E-state index is 0.651. The van der Waals surface area contributed by atoms with Gasteiger partial charge in [0, 0.05) is 95.2 Å². The fraction of sp³-hybridized carbons (Fsp3) is 0.00971. The molecule has 528 valence electrons. The van der Waals surface area contributed by atoms with E-state index in [4.69, 9.17) is 41.5 Å². The fourth-order valence-corrected chi connectivity index (χ4v) is 19.6. The molecule has 0 spiro atoms. The van der Waals surface area contributed by atoms with Gasteiger partial charge in [-0.15, -0.1) is 22.7 Å². The molecule has 0 saturated heterocycles. The molecule has 0 atom stereocenters. The number of thiophene rings is 2. The van der Waals surface area contributed by atoms with Gasteiger partial charge in [0.15, 0.2) is 34.9 Å². The van der Waals surface area contributed by atoms with Gasteiger partial charge in [-0.25, -0.2) is 29.9 Å². The Morgan fingerprint density at radius 1 is 0.239 bits per heavy atom. The summed E-state index contributed by atoms with van der Waals surface area (Å²) in [6, 6.07) is 129. The van der Waals surface area contributed by atoms with Crippen molar-refractivity contribution in [3.8, 4) is 85.1 Å². The minimum Gasteiger partial charge on any atom is -0.309 e. The zero-order valence-electron chi connectivity index (χ0n) is 60.7. The highest BCUT2D eigenvalue weighted by Crippen LogP contribution is 2.48. The summed E-state index contributed by atoms with van der Waals surface area (Å²) in [5.74, 6) is 3.93. The Morgan fingerprint density at radius 2 is 0.655 bits per heavy atom. The molecule has 5 heterocycles. The molecule has 0 bridgehead atoms. The Hall–Kier alpha value is -13.9. The molecule has 7 nitrogen and oxygen atoms in total. The van der Waals surface area contributed by atoms with Crippen LogP contribution in [0.25, 0.3) is 212 Å². The van der Waals surface area contributed by atoms with E-state index in [2.05, 4.69) is 308 Å².